The van der Waals surface area contributed by atoms with E-state index < -0.39 is 17.4 Å². The van der Waals surface area contributed by atoms with Gasteiger partial charge in [0.25, 0.3) is 0 Å². The summed E-state index contributed by atoms with van der Waals surface area (Å²) in [6.45, 7) is 1.18. The number of hydrogen-bond acceptors (Lipinski definition) is 1. The number of carbonyl (C=O) groups is 1. The molecule has 1 aromatic rings. The highest BCUT2D eigenvalue weighted by molar-refractivity contribution is 9.10. The number of rotatable bonds is 1. The maximum atomic E-state index is 12.9. The SMILES string of the molecule is CC(=O)c1c(F)ccc(F)c1Br. The van der Waals surface area contributed by atoms with Gasteiger partial charge in [-0.25, -0.2) is 8.78 Å². The normalized spacial score (nSPS) is 10.0. The molecular formula is C8H5BrF2O. The largest absolute Gasteiger partial charge is 0.294 e. The predicted octanol–water partition coefficient (Wildman–Crippen LogP) is 2.93. The number of carbonyl (C=O) groups excluding carboxylic acids is 1. The quantitative estimate of drug-likeness (QED) is 0.540. The van der Waals surface area contributed by atoms with E-state index in [0.717, 1.165) is 12.1 Å². The van der Waals surface area contributed by atoms with Gasteiger partial charge < -0.3 is 0 Å². The van der Waals surface area contributed by atoms with Crippen molar-refractivity contribution in [2.75, 3.05) is 0 Å². The summed E-state index contributed by atoms with van der Waals surface area (Å²) in [4.78, 5) is 10.8. The van der Waals surface area contributed by atoms with E-state index in [1.54, 1.807) is 0 Å². The molecule has 0 heterocycles. The molecule has 0 fully saturated rings. The Balaban J connectivity index is 3.43. The van der Waals surface area contributed by atoms with E-state index in [0.29, 0.717) is 0 Å². The summed E-state index contributed by atoms with van der Waals surface area (Å²) in [7, 11) is 0. The molecule has 0 amide bonds. The molecule has 1 rings (SSSR count). The highest BCUT2D eigenvalue weighted by Gasteiger charge is 2.14. The number of ketones is 1. The zero-order valence-corrected chi connectivity index (χ0v) is 7.78. The van der Waals surface area contributed by atoms with Gasteiger partial charge in [0.05, 0.1) is 10.0 Å². The van der Waals surface area contributed by atoms with E-state index in [-0.39, 0.29) is 10.0 Å². The molecule has 1 nitrogen and oxygen atoms in total. The van der Waals surface area contributed by atoms with Gasteiger partial charge in [-0.3, -0.25) is 4.79 Å². The Kier molecular flexibility index (Phi) is 2.57. The first-order valence-corrected chi connectivity index (χ1v) is 3.97. The van der Waals surface area contributed by atoms with Crippen LogP contribution in [0.15, 0.2) is 16.6 Å². The topological polar surface area (TPSA) is 17.1 Å². The monoisotopic (exact) mass is 234 g/mol. The van der Waals surface area contributed by atoms with Crippen molar-refractivity contribution in [2.24, 2.45) is 0 Å². The van der Waals surface area contributed by atoms with Crippen molar-refractivity contribution >= 4 is 21.7 Å². The molecule has 12 heavy (non-hydrogen) atoms. The van der Waals surface area contributed by atoms with Gasteiger partial charge in [-0.05, 0) is 35.0 Å². The second kappa shape index (κ2) is 3.31. The number of hydrogen-bond donors (Lipinski definition) is 0. The molecule has 0 radical (unpaired) electrons. The van der Waals surface area contributed by atoms with Crippen LogP contribution in [-0.4, -0.2) is 5.78 Å². The first-order valence-electron chi connectivity index (χ1n) is 3.18. The molecule has 0 atom stereocenters. The molecule has 0 aromatic heterocycles. The number of halogens is 3. The molecule has 0 N–H and O–H groups in total. The Morgan fingerprint density at radius 2 is 1.83 bits per heavy atom. The molecule has 0 bridgehead atoms. The Hall–Kier alpha value is -0.770. The van der Waals surface area contributed by atoms with Gasteiger partial charge in [-0.2, -0.15) is 0 Å². The van der Waals surface area contributed by atoms with Crippen molar-refractivity contribution in [3.63, 3.8) is 0 Å². The zero-order valence-electron chi connectivity index (χ0n) is 6.20. The lowest BCUT2D eigenvalue weighted by Gasteiger charge is -2.01. The fourth-order valence-electron chi connectivity index (χ4n) is 0.850. The van der Waals surface area contributed by atoms with Gasteiger partial charge >= 0.3 is 0 Å². The Bertz CT molecular complexity index is 336. The lowest BCUT2D eigenvalue weighted by molar-refractivity contribution is 0.101. The first-order chi connectivity index (χ1) is 5.54. The van der Waals surface area contributed by atoms with Crippen LogP contribution in [0.3, 0.4) is 0 Å². The summed E-state index contributed by atoms with van der Waals surface area (Å²) in [6, 6.07) is 1.89. The summed E-state index contributed by atoms with van der Waals surface area (Å²) < 4.78 is 25.5. The van der Waals surface area contributed by atoms with Gasteiger partial charge in [0.2, 0.25) is 0 Å². The Labute approximate surface area is 76.5 Å². The van der Waals surface area contributed by atoms with E-state index >= 15 is 0 Å². The molecular weight excluding hydrogens is 230 g/mol. The maximum absolute atomic E-state index is 12.9. The molecule has 0 saturated heterocycles. The average Bonchev–Trinajstić information content (AvgIpc) is 1.97. The van der Waals surface area contributed by atoms with Crippen LogP contribution in [0.1, 0.15) is 17.3 Å². The van der Waals surface area contributed by atoms with Gasteiger partial charge in [0, 0.05) is 0 Å². The summed E-state index contributed by atoms with van der Waals surface area (Å²) in [5.41, 5.74) is -0.241. The fraction of sp³-hybridized carbons (Fsp3) is 0.125. The highest BCUT2D eigenvalue weighted by Crippen LogP contribution is 2.23. The number of Topliss-reactive ketones (excluding diaryl/α,β-unsaturated/α-hetero) is 1. The van der Waals surface area contributed by atoms with Gasteiger partial charge in [-0.15, -0.1) is 0 Å². The molecule has 0 spiro atoms. The minimum Gasteiger partial charge on any atom is -0.294 e. The van der Waals surface area contributed by atoms with Crippen LogP contribution in [0.5, 0.6) is 0 Å². The van der Waals surface area contributed by atoms with Gasteiger partial charge in [0.1, 0.15) is 11.6 Å². The third kappa shape index (κ3) is 1.53. The van der Waals surface area contributed by atoms with Crippen LogP contribution < -0.4 is 0 Å². The summed E-state index contributed by atoms with van der Waals surface area (Å²) in [6.07, 6.45) is 0. The number of benzene rings is 1. The smallest absolute Gasteiger partial charge is 0.163 e. The van der Waals surface area contributed by atoms with Crippen LogP contribution >= 0.6 is 15.9 Å². The van der Waals surface area contributed by atoms with Crippen LogP contribution in [0.4, 0.5) is 8.78 Å². The first kappa shape index (κ1) is 9.32. The van der Waals surface area contributed by atoms with Crippen molar-refractivity contribution in [3.05, 3.63) is 33.8 Å². The Morgan fingerprint density at radius 3 is 2.25 bits per heavy atom. The standard InChI is InChI=1S/C8H5BrF2O/c1-4(12)7-5(10)2-3-6(11)8(7)9/h2-3H,1H3. The fourth-order valence-corrected chi connectivity index (χ4v) is 1.45. The summed E-state index contributed by atoms with van der Waals surface area (Å²) >= 11 is 2.80. The average molecular weight is 235 g/mol. The molecule has 4 heteroatoms. The maximum Gasteiger partial charge on any atom is 0.163 e. The summed E-state index contributed by atoms with van der Waals surface area (Å²) in [5, 5.41) is 0. The van der Waals surface area contributed by atoms with Gasteiger partial charge in [-0.1, -0.05) is 0 Å². The highest BCUT2D eigenvalue weighted by atomic mass is 79.9. The molecule has 1 aromatic carbocycles. The minimum absolute atomic E-state index is 0.116. The van der Waals surface area contributed by atoms with E-state index in [1.165, 1.54) is 6.92 Å². The third-order valence-corrected chi connectivity index (χ3v) is 2.17. The van der Waals surface area contributed by atoms with E-state index in [2.05, 4.69) is 15.9 Å². The van der Waals surface area contributed by atoms with Crippen LogP contribution in [0.2, 0.25) is 0 Å². The molecule has 0 unspecified atom stereocenters. The Morgan fingerprint density at radius 1 is 1.33 bits per heavy atom. The minimum atomic E-state index is -0.712. The molecule has 0 aliphatic heterocycles. The second-order valence-corrected chi connectivity index (χ2v) is 3.07. The van der Waals surface area contributed by atoms with Crippen molar-refractivity contribution in [3.8, 4) is 0 Å². The lowest BCUT2D eigenvalue weighted by atomic mass is 10.1. The predicted molar refractivity (Wildman–Crippen MR) is 44.1 cm³/mol. The van der Waals surface area contributed by atoms with Crippen molar-refractivity contribution in [1.82, 2.24) is 0 Å². The van der Waals surface area contributed by atoms with Crippen molar-refractivity contribution < 1.29 is 13.6 Å². The molecule has 64 valence electrons. The second-order valence-electron chi connectivity index (χ2n) is 2.27. The third-order valence-electron chi connectivity index (χ3n) is 1.40. The summed E-state index contributed by atoms with van der Waals surface area (Å²) in [5.74, 6) is -1.85. The van der Waals surface area contributed by atoms with E-state index in [9.17, 15) is 13.6 Å². The zero-order chi connectivity index (χ0) is 9.30. The molecule has 0 aliphatic rings. The van der Waals surface area contributed by atoms with E-state index in [1.807, 2.05) is 0 Å². The lowest BCUT2D eigenvalue weighted by Crippen LogP contribution is -2.00. The molecule has 0 saturated carbocycles. The van der Waals surface area contributed by atoms with Crippen LogP contribution in [0, 0.1) is 11.6 Å². The van der Waals surface area contributed by atoms with Crippen molar-refractivity contribution in [2.45, 2.75) is 6.92 Å². The van der Waals surface area contributed by atoms with Crippen LogP contribution in [-0.2, 0) is 0 Å². The van der Waals surface area contributed by atoms with E-state index in [4.69, 9.17) is 0 Å². The van der Waals surface area contributed by atoms with Gasteiger partial charge in [0.15, 0.2) is 5.78 Å². The van der Waals surface area contributed by atoms with Crippen LogP contribution in [0.25, 0.3) is 0 Å². The molecule has 0 aliphatic carbocycles. The van der Waals surface area contributed by atoms with Crippen molar-refractivity contribution in [1.29, 1.82) is 0 Å².